The van der Waals surface area contributed by atoms with E-state index in [1.807, 2.05) is 0 Å². The smallest absolute Gasteiger partial charge is 0.348 e. The molecule has 0 amide bonds. The molecule has 1 heterocycles. The minimum absolute atomic E-state index is 0.0845. The first-order chi connectivity index (χ1) is 6.77. The zero-order valence-electron chi connectivity index (χ0n) is 7.86. The number of ether oxygens (including phenoxy) is 3. The van der Waals surface area contributed by atoms with E-state index in [4.69, 9.17) is 14.7 Å². The van der Waals surface area contributed by atoms with E-state index in [1.54, 1.807) is 13.0 Å². The van der Waals surface area contributed by atoms with E-state index in [9.17, 15) is 4.79 Å². The Kier molecular flexibility index (Phi) is 4.11. The lowest BCUT2D eigenvalue weighted by Gasteiger charge is -2.03. The molecule has 0 atom stereocenters. The molecule has 0 unspecified atom stereocenters. The van der Waals surface area contributed by atoms with Crippen molar-refractivity contribution >= 4 is 5.97 Å². The molecule has 76 valence electrons. The van der Waals surface area contributed by atoms with Crippen LogP contribution >= 0.6 is 0 Å². The van der Waals surface area contributed by atoms with Crippen molar-refractivity contribution in [3.63, 3.8) is 0 Å². The highest BCUT2D eigenvalue weighted by molar-refractivity contribution is 5.92. The summed E-state index contributed by atoms with van der Waals surface area (Å²) in [6.45, 7) is 2.87. The number of nitriles is 1. The Morgan fingerprint density at radius 3 is 2.79 bits per heavy atom. The molecule has 14 heavy (non-hydrogen) atoms. The van der Waals surface area contributed by atoms with E-state index in [1.165, 1.54) is 6.08 Å². The van der Waals surface area contributed by atoms with Gasteiger partial charge >= 0.3 is 5.97 Å². The summed E-state index contributed by atoms with van der Waals surface area (Å²) < 4.78 is 14.8. The van der Waals surface area contributed by atoms with Crippen LogP contribution in [0, 0.1) is 11.3 Å². The lowest BCUT2D eigenvalue weighted by Crippen LogP contribution is -2.11. The average molecular weight is 197 g/mol. The van der Waals surface area contributed by atoms with Crippen LogP contribution < -0.4 is 0 Å². The zero-order chi connectivity index (χ0) is 10.4. The fourth-order valence-electron chi connectivity index (χ4n) is 0.969. The van der Waals surface area contributed by atoms with Crippen molar-refractivity contribution in [3.05, 3.63) is 11.6 Å². The first-order valence-electron chi connectivity index (χ1n) is 4.30. The van der Waals surface area contributed by atoms with Crippen LogP contribution in [0.4, 0.5) is 0 Å². The molecule has 1 aliphatic heterocycles. The molecule has 5 nitrogen and oxygen atoms in total. The number of hydrogen-bond acceptors (Lipinski definition) is 5. The SMILES string of the molecule is CCOC(=O)C(C#N)=CC1OCCO1. The van der Waals surface area contributed by atoms with Crippen LogP contribution in [0.5, 0.6) is 0 Å². The topological polar surface area (TPSA) is 68.6 Å². The normalized spacial score (nSPS) is 17.9. The van der Waals surface area contributed by atoms with E-state index in [2.05, 4.69) is 4.74 Å². The molecule has 0 bridgehead atoms. The third-order valence-corrected chi connectivity index (χ3v) is 1.57. The molecule has 0 radical (unpaired) electrons. The van der Waals surface area contributed by atoms with E-state index in [-0.39, 0.29) is 12.2 Å². The van der Waals surface area contributed by atoms with Crippen LogP contribution in [0.3, 0.4) is 0 Å². The summed E-state index contributed by atoms with van der Waals surface area (Å²) in [6, 6.07) is 1.74. The third kappa shape index (κ3) is 2.83. The fraction of sp³-hybridized carbons (Fsp3) is 0.556. The number of nitrogens with zero attached hydrogens (tertiary/aromatic N) is 1. The van der Waals surface area contributed by atoms with Crippen LogP contribution in [0.25, 0.3) is 0 Å². The van der Waals surface area contributed by atoms with Gasteiger partial charge < -0.3 is 14.2 Å². The number of rotatable bonds is 3. The molecule has 1 saturated heterocycles. The van der Waals surface area contributed by atoms with Crippen molar-refractivity contribution in [2.45, 2.75) is 13.2 Å². The van der Waals surface area contributed by atoms with Gasteiger partial charge in [0.25, 0.3) is 0 Å². The maximum atomic E-state index is 11.1. The van der Waals surface area contributed by atoms with Crippen molar-refractivity contribution in [1.29, 1.82) is 5.26 Å². The van der Waals surface area contributed by atoms with Crippen LogP contribution in [0.1, 0.15) is 6.92 Å². The van der Waals surface area contributed by atoms with Crippen LogP contribution in [0.2, 0.25) is 0 Å². The van der Waals surface area contributed by atoms with Gasteiger partial charge in [0, 0.05) is 0 Å². The monoisotopic (exact) mass is 197 g/mol. The van der Waals surface area contributed by atoms with E-state index < -0.39 is 12.3 Å². The van der Waals surface area contributed by atoms with Crippen molar-refractivity contribution in [1.82, 2.24) is 0 Å². The Labute approximate surface area is 81.9 Å². The van der Waals surface area contributed by atoms with Crippen molar-refractivity contribution in [2.24, 2.45) is 0 Å². The highest BCUT2D eigenvalue weighted by atomic mass is 16.7. The number of hydrogen-bond donors (Lipinski definition) is 0. The van der Waals surface area contributed by atoms with Gasteiger partial charge in [-0.25, -0.2) is 4.79 Å². The predicted molar refractivity (Wildman–Crippen MR) is 46.0 cm³/mol. The molecule has 0 aromatic rings. The minimum Gasteiger partial charge on any atom is -0.462 e. The summed E-state index contributed by atoms with van der Waals surface area (Å²) in [5.74, 6) is -0.644. The molecular weight excluding hydrogens is 186 g/mol. The van der Waals surface area contributed by atoms with Crippen LogP contribution in [-0.4, -0.2) is 32.1 Å². The lowest BCUT2D eigenvalue weighted by molar-refractivity contribution is -0.138. The molecule has 0 N–H and O–H groups in total. The standard InChI is InChI=1S/C9H11NO4/c1-2-12-9(11)7(6-10)5-8-13-3-4-14-8/h5,8H,2-4H2,1H3. The zero-order valence-corrected chi connectivity index (χ0v) is 7.86. The minimum atomic E-state index is -0.644. The Morgan fingerprint density at radius 1 is 1.64 bits per heavy atom. The molecular formula is C9H11NO4. The summed E-state index contributed by atoms with van der Waals surface area (Å²) in [6.07, 6.45) is 0.722. The Balaban J connectivity index is 2.60. The van der Waals surface area contributed by atoms with Gasteiger partial charge in [0.05, 0.1) is 19.8 Å². The molecule has 0 saturated carbocycles. The van der Waals surface area contributed by atoms with E-state index in [0.29, 0.717) is 13.2 Å². The summed E-state index contributed by atoms with van der Waals surface area (Å²) in [5.41, 5.74) is -0.0845. The number of esters is 1. The second-order valence-corrected chi connectivity index (χ2v) is 2.52. The maximum Gasteiger partial charge on any atom is 0.348 e. The van der Waals surface area contributed by atoms with Crippen LogP contribution in [-0.2, 0) is 19.0 Å². The molecule has 0 aromatic carbocycles. The molecule has 0 aliphatic carbocycles. The third-order valence-electron chi connectivity index (χ3n) is 1.57. The Hall–Kier alpha value is -1.38. The summed E-state index contributed by atoms with van der Waals surface area (Å²) in [7, 11) is 0. The second-order valence-electron chi connectivity index (χ2n) is 2.52. The summed E-state index contributed by atoms with van der Waals surface area (Å²) in [4.78, 5) is 11.1. The van der Waals surface area contributed by atoms with Gasteiger partial charge in [-0.15, -0.1) is 0 Å². The molecule has 1 aliphatic rings. The van der Waals surface area contributed by atoms with Crippen molar-refractivity contribution in [3.8, 4) is 6.07 Å². The van der Waals surface area contributed by atoms with Gasteiger partial charge in [-0.2, -0.15) is 5.26 Å². The highest BCUT2D eigenvalue weighted by Crippen LogP contribution is 2.08. The predicted octanol–water partition coefficient (Wildman–Crippen LogP) is 0.372. The first kappa shape index (κ1) is 10.7. The highest BCUT2D eigenvalue weighted by Gasteiger charge is 2.18. The lowest BCUT2D eigenvalue weighted by atomic mass is 10.3. The Bertz CT molecular complexity index is 273. The van der Waals surface area contributed by atoms with Gasteiger partial charge in [-0.3, -0.25) is 0 Å². The second kappa shape index (κ2) is 5.37. The Morgan fingerprint density at radius 2 is 2.29 bits per heavy atom. The van der Waals surface area contributed by atoms with E-state index >= 15 is 0 Å². The largest absolute Gasteiger partial charge is 0.462 e. The molecule has 5 heteroatoms. The number of carbonyl (C=O) groups excluding carboxylic acids is 1. The molecule has 0 spiro atoms. The van der Waals surface area contributed by atoms with Crippen molar-refractivity contribution in [2.75, 3.05) is 19.8 Å². The van der Waals surface area contributed by atoms with E-state index in [0.717, 1.165) is 0 Å². The van der Waals surface area contributed by atoms with Gasteiger partial charge in [0.15, 0.2) is 6.29 Å². The van der Waals surface area contributed by atoms with Crippen LogP contribution in [0.15, 0.2) is 11.6 Å². The maximum absolute atomic E-state index is 11.1. The molecule has 0 aromatic heterocycles. The summed E-state index contributed by atoms with van der Waals surface area (Å²) in [5, 5.41) is 8.65. The quantitative estimate of drug-likeness (QED) is 0.371. The number of carbonyl (C=O) groups is 1. The van der Waals surface area contributed by atoms with Gasteiger partial charge in [0.1, 0.15) is 11.6 Å². The van der Waals surface area contributed by atoms with Crippen molar-refractivity contribution < 1.29 is 19.0 Å². The van der Waals surface area contributed by atoms with Gasteiger partial charge in [-0.1, -0.05) is 0 Å². The molecule has 1 rings (SSSR count). The average Bonchev–Trinajstić information content (AvgIpc) is 2.66. The summed E-state index contributed by atoms with van der Waals surface area (Å²) >= 11 is 0. The van der Waals surface area contributed by atoms with Gasteiger partial charge in [0.2, 0.25) is 0 Å². The van der Waals surface area contributed by atoms with Gasteiger partial charge in [-0.05, 0) is 13.0 Å². The fourth-order valence-corrected chi connectivity index (χ4v) is 0.969. The molecule has 1 fully saturated rings. The first-order valence-corrected chi connectivity index (χ1v) is 4.30.